The Bertz CT molecular complexity index is 1640. The number of carbonyl (C=O) groups is 2. The third kappa shape index (κ3) is 4.20. The number of pyridine rings is 1. The second-order valence-electron chi connectivity index (χ2n) is 9.32. The smallest absolute Gasteiger partial charge is 0.310 e. The molecule has 5 rings (SSSR count). The number of carbonyl (C=O) groups excluding carboxylic acids is 2. The topological polar surface area (TPSA) is 104 Å². The molecule has 2 atom stereocenters. The summed E-state index contributed by atoms with van der Waals surface area (Å²) in [6, 6.07) is 3.83. The Morgan fingerprint density at radius 2 is 1.61 bits per heavy atom. The van der Waals surface area contributed by atoms with Crippen molar-refractivity contribution >= 4 is 33.6 Å². The van der Waals surface area contributed by atoms with Gasteiger partial charge in [0.2, 0.25) is 6.29 Å². The number of hydrogen-bond donors (Lipinski definition) is 2. The van der Waals surface area contributed by atoms with Crippen LogP contribution < -0.4 is 5.56 Å². The number of fused-ring (bicyclic) bond motifs is 4. The molecule has 1 amide bonds. The van der Waals surface area contributed by atoms with Crippen LogP contribution in [0.2, 0.25) is 0 Å². The molecule has 38 heavy (non-hydrogen) atoms. The maximum absolute atomic E-state index is 14.3. The van der Waals surface area contributed by atoms with Crippen LogP contribution in [0.1, 0.15) is 47.9 Å². The molecule has 0 aliphatic carbocycles. The number of likely N-dealkylation sites (N-methyl/N-ethyl adjacent to an activating group) is 1. The molecule has 0 radical (unpaired) electrons. The average Bonchev–Trinajstić information content (AvgIpc) is 3.27. The number of esters is 1. The van der Waals surface area contributed by atoms with Crippen molar-refractivity contribution in [2.24, 2.45) is 5.92 Å². The van der Waals surface area contributed by atoms with E-state index in [0.29, 0.717) is 0 Å². The first-order valence-electron chi connectivity index (χ1n) is 11.6. The van der Waals surface area contributed by atoms with Crippen molar-refractivity contribution in [1.29, 1.82) is 0 Å². The molecule has 1 aliphatic rings. The standard InChI is InChI=1S/C26H21F4N3O5/c1-10(2)25(36)38-26-22-21(12-6-15(28)16(29)7-13(12)23(34)32-22)20(9-37-26)33(3)24(35)19-5-11-4-14(27)17(30)8-18(11)31-19/h4-8,10,20,26,31H,9H2,1-3H3,(H,32,34)/t20-,26-/m0/s1. The predicted molar refractivity (Wildman–Crippen MR) is 127 cm³/mol. The van der Waals surface area contributed by atoms with Crippen LogP contribution in [0.15, 0.2) is 35.1 Å². The monoisotopic (exact) mass is 531 g/mol. The Morgan fingerprint density at radius 3 is 2.29 bits per heavy atom. The minimum absolute atomic E-state index is 0.00184. The highest BCUT2D eigenvalue weighted by atomic mass is 19.2. The Hall–Kier alpha value is -4.19. The van der Waals surface area contributed by atoms with Gasteiger partial charge in [0.25, 0.3) is 11.5 Å². The number of nitrogens with zero attached hydrogens (tertiary/aromatic N) is 1. The lowest BCUT2D eigenvalue weighted by atomic mass is 9.94. The lowest BCUT2D eigenvalue weighted by Crippen LogP contribution is -2.39. The number of ether oxygens (including phenoxy) is 2. The number of benzene rings is 2. The molecular weight excluding hydrogens is 510 g/mol. The van der Waals surface area contributed by atoms with E-state index in [1.807, 2.05) is 0 Å². The van der Waals surface area contributed by atoms with E-state index in [0.717, 1.165) is 24.3 Å². The first-order chi connectivity index (χ1) is 18.0. The van der Waals surface area contributed by atoms with Crippen molar-refractivity contribution in [3.63, 3.8) is 0 Å². The van der Waals surface area contributed by atoms with Gasteiger partial charge in [-0.2, -0.15) is 0 Å². The maximum Gasteiger partial charge on any atom is 0.310 e. The molecule has 0 saturated carbocycles. The quantitative estimate of drug-likeness (QED) is 0.296. The number of H-pyrrole nitrogens is 2. The Labute approximate surface area is 212 Å². The van der Waals surface area contributed by atoms with Crippen LogP contribution in [-0.2, 0) is 14.3 Å². The van der Waals surface area contributed by atoms with Gasteiger partial charge in [-0.25, -0.2) is 17.6 Å². The van der Waals surface area contributed by atoms with Gasteiger partial charge in [0.05, 0.1) is 29.6 Å². The van der Waals surface area contributed by atoms with E-state index in [-0.39, 0.29) is 45.2 Å². The summed E-state index contributed by atoms with van der Waals surface area (Å²) < 4.78 is 66.8. The molecule has 0 saturated heterocycles. The van der Waals surface area contributed by atoms with Crippen molar-refractivity contribution in [2.45, 2.75) is 26.2 Å². The van der Waals surface area contributed by atoms with Crippen molar-refractivity contribution in [3.8, 4) is 0 Å². The molecule has 0 spiro atoms. The van der Waals surface area contributed by atoms with E-state index >= 15 is 0 Å². The lowest BCUT2D eigenvalue weighted by Gasteiger charge is -2.36. The maximum atomic E-state index is 14.3. The zero-order valence-electron chi connectivity index (χ0n) is 20.3. The van der Waals surface area contributed by atoms with Gasteiger partial charge in [-0.3, -0.25) is 14.4 Å². The van der Waals surface area contributed by atoms with Gasteiger partial charge in [0, 0.05) is 29.6 Å². The van der Waals surface area contributed by atoms with Gasteiger partial charge in [-0.15, -0.1) is 0 Å². The highest BCUT2D eigenvalue weighted by Crippen LogP contribution is 2.39. The van der Waals surface area contributed by atoms with Gasteiger partial charge in [0.15, 0.2) is 23.3 Å². The first-order valence-corrected chi connectivity index (χ1v) is 11.6. The highest BCUT2D eigenvalue weighted by molar-refractivity contribution is 5.98. The Morgan fingerprint density at radius 1 is 0.974 bits per heavy atom. The Balaban J connectivity index is 1.63. The fourth-order valence-corrected chi connectivity index (χ4v) is 4.46. The number of aromatic amines is 2. The van der Waals surface area contributed by atoms with Crippen LogP contribution >= 0.6 is 0 Å². The van der Waals surface area contributed by atoms with Crippen LogP contribution in [0.25, 0.3) is 21.7 Å². The average molecular weight is 531 g/mol. The minimum atomic E-state index is -1.37. The van der Waals surface area contributed by atoms with Crippen molar-refractivity contribution in [3.05, 3.63) is 80.9 Å². The van der Waals surface area contributed by atoms with Crippen LogP contribution in [-0.4, -0.2) is 40.4 Å². The van der Waals surface area contributed by atoms with Gasteiger partial charge >= 0.3 is 5.97 Å². The van der Waals surface area contributed by atoms with E-state index in [1.165, 1.54) is 18.0 Å². The van der Waals surface area contributed by atoms with Crippen molar-refractivity contribution in [1.82, 2.24) is 14.9 Å². The molecule has 198 valence electrons. The number of rotatable bonds is 4. The molecule has 8 nitrogen and oxygen atoms in total. The highest BCUT2D eigenvalue weighted by Gasteiger charge is 2.38. The fraction of sp³-hybridized carbons (Fsp3) is 0.269. The predicted octanol–water partition coefficient (Wildman–Crippen LogP) is 4.61. The molecule has 0 unspecified atom stereocenters. The van der Waals surface area contributed by atoms with Crippen LogP contribution in [0.3, 0.4) is 0 Å². The summed E-state index contributed by atoms with van der Waals surface area (Å²) in [5.41, 5.74) is -0.432. The second-order valence-corrected chi connectivity index (χ2v) is 9.32. The normalized spacial score (nSPS) is 17.2. The van der Waals surface area contributed by atoms with Crippen LogP contribution in [0.5, 0.6) is 0 Å². The molecule has 2 N–H and O–H groups in total. The summed E-state index contributed by atoms with van der Waals surface area (Å²) in [6.07, 6.45) is -1.37. The third-order valence-corrected chi connectivity index (χ3v) is 6.48. The van der Waals surface area contributed by atoms with Crippen molar-refractivity contribution in [2.75, 3.05) is 13.7 Å². The second kappa shape index (κ2) is 9.28. The summed E-state index contributed by atoms with van der Waals surface area (Å²) in [5.74, 6) is -6.41. The number of aromatic nitrogens is 2. The third-order valence-electron chi connectivity index (χ3n) is 6.48. The Kier molecular flexibility index (Phi) is 6.22. The molecule has 2 aromatic heterocycles. The SMILES string of the molecule is CC(C)C(=O)O[C@@H]1OC[C@H](N(C)C(=O)c2cc3cc(F)c(F)cc3[nH]2)c2c1[nH]c(=O)c1cc(F)c(F)cc21. The number of nitrogens with one attached hydrogen (secondary N) is 2. The molecule has 0 fully saturated rings. The molecular formula is C26H21F4N3O5. The summed E-state index contributed by atoms with van der Waals surface area (Å²) in [4.78, 5) is 45.0. The molecule has 12 heteroatoms. The van der Waals surface area contributed by atoms with Gasteiger partial charge in [-0.05, 0) is 29.7 Å². The molecule has 3 heterocycles. The summed E-state index contributed by atoms with van der Waals surface area (Å²) in [6.45, 7) is 2.95. The van der Waals surface area contributed by atoms with E-state index in [9.17, 15) is 31.9 Å². The van der Waals surface area contributed by atoms with E-state index < -0.39 is 59.0 Å². The molecule has 2 aromatic carbocycles. The summed E-state index contributed by atoms with van der Waals surface area (Å²) in [5, 5.41) is 0.0804. The fourth-order valence-electron chi connectivity index (χ4n) is 4.46. The molecule has 4 aromatic rings. The van der Waals surface area contributed by atoms with E-state index in [2.05, 4.69) is 9.97 Å². The largest absolute Gasteiger partial charge is 0.429 e. The lowest BCUT2D eigenvalue weighted by molar-refractivity contribution is -0.192. The minimum Gasteiger partial charge on any atom is -0.429 e. The number of amides is 1. The van der Waals surface area contributed by atoms with E-state index in [1.54, 1.807) is 13.8 Å². The van der Waals surface area contributed by atoms with Crippen LogP contribution in [0.4, 0.5) is 17.6 Å². The number of hydrogen-bond acceptors (Lipinski definition) is 5. The molecule has 1 aliphatic heterocycles. The first kappa shape index (κ1) is 25.5. The number of halogens is 4. The van der Waals surface area contributed by atoms with E-state index in [4.69, 9.17) is 9.47 Å². The van der Waals surface area contributed by atoms with Gasteiger partial charge in [-0.1, -0.05) is 13.8 Å². The summed E-state index contributed by atoms with van der Waals surface area (Å²) in [7, 11) is 1.41. The van der Waals surface area contributed by atoms with Crippen LogP contribution in [0, 0.1) is 29.2 Å². The zero-order valence-corrected chi connectivity index (χ0v) is 20.3. The summed E-state index contributed by atoms with van der Waals surface area (Å²) >= 11 is 0. The zero-order chi connectivity index (χ0) is 27.5. The van der Waals surface area contributed by atoms with Gasteiger partial charge < -0.3 is 24.3 Å². The van der Waals surface area contributed by atoms with Crippen molar-refractivity contribution < 1.29 is 36.6 Å². The molecule has 0 bridgehead atoms. The van der Waals surface area contributed by atoms with Gasteiger partial charge in [0.1, 0.15) is 5.69 Å².